The van der Waals surface area contributed by atoms with E-state index in [1.165, 1.54) is 173 Å². The number of carbonyl (C=O) groups is 2. The Bertz CT molecular complexity index is 878. The third-order valence-electron chi connectivity index (χ3n) is 12.1. The van der Waals surface area contributed by atoms with Crippen molar-refractivity contribution in [3.8, 4) is 0 Å². The number of hydrogen-bond acceptors (Lipinski definition) is 5. The number of rotatable bonds is 47. The molecule has 6 heteroatoms. The smallest absolute Gasteiger partial charge is 0.306 e. The van der Waals surface area contributed by atoms with Gasteiger partial charge < -0.3 is 20.3 Å². The minimum Gasteiger partial charge on any atom is -0.462 e. The highest BCUT2D eigenvalue weighted by Crippen LogP contribution is 2.18. The molecule has 58 heavy (non-hydrogen) atoms. The van der Waals surface area contributed by atoms with Gasteiger partial charge in [-0.1, -0.05) is 238 Å². The van der Waals surface area contributed by atoms with E-state index in [9.17, 15) is 19.8 Å². The average Bonchev–Trinajstić information content (AvgIpc) is 3.22. The highest BCUT2D eigenvalue weighted by Gasteiger charge is 2.24. The lowest BCUT2D eigenvalue weighted by atomic mass is 10.0. The molecule has 0 aliphatic heterocycles. The van der Waals surface area contributed by atoms with Crippen molar-refractivity contribution in [2.24, 2.45) is 0 Å². The van der Waals surface area contributed by atoms with Crippen LogP contribution >= 0.6 is 0 Å². The number of hydrogen-bond donors (Lipinski definition) is 3. The van der Waals surface area contributed by atoms with Gasteiger partial charge in [-0.05, 0) is 44.9 Å². The van der Waals surface area contributed by atoms with Gasteiger partial charge in [-0.25, -0.2) is 0 Å². The van der Waals surface area contributed by atoms with Crippen molar-refractivity contribution < 1.29 is 24.5 Å². The Kier molecular flexibility index (Phi) is 45.5. The molecule has 0 aliphatic carbocycles. The fourth-order valence-electron chi connectivity index (χ4n) is 8.14. The lowest BCUT2D eigenvalue weighted by Gasteiger charge is -2.24. The van der Waals surface area contributed by atoms with Crippen molar-refractivity contribution in [1.82, 2.24) is 5.32 Å². The molecule has 3 unspecified atom stereocenters. The molecule has 0 radical (unpaired) electrons. The third-order valence-corrected chi connectivity index (χ3v) is 12.1. The maximum atomic E-state index is 13.1. The van der Waals surface area contributed by atoms with E-state index in [2.05, 4.69) is 38.2 Å². The van der Waals surface area contributed by atoms with Gasteiger partial charge in [-0.2, -0.15) is 0 Å². The lowest BCUT2D eigenvalue weighted by Crippen LogP contribution is -2.46. The molecule has 0 rings (SSSR count). The number of carbonyl (C=O) groups excluding carboxylic acids is 2. The second-order valence-corrected chi connectivity index (χ2v) is 17.9. The summed E-state index contributed by atoms with van der Waals surface area (Å²) >= 11 is 0. The summed E-state index contributed by atoms with van der Waals surface area (Å²) in [5.74, 6) is -0.477. The van der Waals surface area contributed by atoms with E-state index in [-0.39, 0.29) is 24.9 Å². The van der Waals surface area contributed by atoms with Crippen LogP contribution in [0.2, 0.25) is 0 Å². The number of esters is 1. The van der Waals surface area contributed by atoms with Crippen molar-refractivity contribution in [3.63, 3.8) is 0 Å². The number of amides is 1. The second kappa shape index (κ2) is 46.7. The Labute approximate surface area is 361 Å². The van der Waals surface area contributed by atoms with Gasteiger partial charge >= 0.3 is 5.97 Å². The first-order valence-corrected chi connectivity index (χ1v) is 25.9. The van der Waals surface area contributed by atoms with Crippen LogP contribution in [0.5, 0.6) is 0 Å². The highest BCUT2D eigenvalue weighted by molar-refractivity contribution is 5.77. The van der Waals surface area contributed by atoms with E-state index in [0.29, 0.717) is 19.3 Å². The molecule has 6 nitrogen and oxygen atoms in total. The lowest BCUT2D eigenvalue weighted by molar-refractivity contribution is -0.151. The van der Waals surface area contributed by atoms with Crippen molar-refractivity contribution in [1.29, 1.82) is 0 Å². The summed E-state index contributed by atoms with van der Waals surface area (Å²) in [6, 6.07) is -0.698. The van der Waals surface area contributed by atoms with E-state index in [1.54, 1.807) is 0 Å². The van der Waals surface area contributed by atoms with Gasteiger partial charge in [0.25, 0.3) is 0 Å². The van der Waals surface area contributed by atoms with Crippen LogP contribution in [-0.2, 0) is 14.3 Å². The van der Waals surface area contributed by atoms with E-state index in [0.717, 1.165) is 64.2 Å². The molecule has 0 aliphatic rings. The summed E-state index contributed by atoms with van der Waals surface area (Å²) in [6.45, 7) is 6.43. The topological polar surface area (TPSA) is 95.9 Å². The van der Waals surface area contributed by atoms with E-state index in [4.69, 9.17) is 4.74 Å². The predicted molar refractivity (Wildman–Crippen MR) is 250 cm³/mol. The first-order valence-electron chi connectivity index (χ1n) is 25.9. The Balaban J connectivity index is 4.35. The van der Waals surface area contributed by atoms with Gasteiger partial charge in [0.2, 0.25) is 5.91 Å². The number of allylic oxidation sites excluding steroid dienone is 2. The summed E-state index contributed by atoms with van der Waals surface area (Å²) in [5.41, 5.74) is 0. The molecule has 0 bridgehead atoms. The summed E-state index contributed by atoms with van der Waals surface area (Å²) in [5, 5.41) is 23.7. The number of nitrogens with one attached hydrogen (secondary N) is 1. The molecule has 0 fully saturated rings. The van der Waals surface area contributed by atoms with Gasteiger partial charge in [-0.15, -0.1) is 0 Å². The normalized spacial score (nSPS) is 13.3. The quantitative estimate of drug-likeness (QED) is 0.0323. The molecule has 1 amide bonds. The zero-order chi connectivity index (χ0) is 42.4. The van der Waals surface area contributed by atoms with Crippen molar-refractivity contribution in [2.75, 3.05) is 6.61 Å². The monoisotopic (exact) mass is 820 g/mol. The SMILES string of the molecule is CCC/C=C\CCCCCC(CC(=O)NC(CO)C(O)CCCCCCCCCCCCCCC)OC(=O)CCCCCCCCCCCCCCCCCCCC. The van der Waals surface area contributed by atoms with Crippen LogP contribution in [0, 0.1) is 0 Å². The van der Waals surface area contributed by atoms with Crippen molar-refractivity contribution >= 4 is 11.9 Å². The standard InChI is InChI=1S/C52H101NO5/c1-4-7-10-13-16-19-21-23-24-25-26-27-29-31-33-36-39-42-45-52(57)58-48(43-40-37-34-18-15-12-9-6-3)46-51(56)53-49(47-54)50(55)44-41-38-35-32-30-28-22-20-17-14-11-8-5-2/h12,15,48-50,54-55H,4-11,13-14,16-47H2,1-3H3,(H,53,56)/b15-12-. The third kappa shape index (κ3) is 41.3. The average molecular weight is 820 g/mol. The van der Waals surface area contributed by atoms with Gasteiger partial charge in [0.15, 0.2) is 0 Å². The molecule has 0 heterocycles. The largest absolute Gasteiger partial charge is 0.462 e. The van der Waals surface area contributed by atoms with Gasteiger partial charge in [-0.3, -0.25) is 9.59 Å². The second-order valence-electron chi connectivity index (χ2n) is 17.9. The number of aliphatic hydroxyl groups is 2. The fourth-order valence-corrected chi connectivity index (χ4v) is 8.14. The summed E-state index contributed by atoms with van der Waals surface area (Å²) in [6.07, 6.45) is 51.5. The minimum absolute atomic E-state index is 0.0726. The van der Waals surface area contributed by atoms with Crippen LogP contribution in [0.4, 0.5) is 0 Å². The Morgan fingerprint density at radius 1 is 0.483 bits per heavy atom. The van der Waals surface area contributed by atoms with E-state index < -0.39 is 18.2 Å². The Morgan fingerprint density at radius 2 is 0.862 bits per heavy atom. The minimum atomic E-state index is -0.784. The molecule has 0 saturated heterocycles. The fraction of sp³-hybridized carbons (Fsp3) is 0.923. The maximum Gasteiger partial charge on any atom is 0.306 e. The molecule has 344 valence electrons. The number of aliphatic hydroxyl groups excluding tert-OH is 2. The van der Waals surface area contributed by atoms with Crippen LogP contribution in [0.25, 0.3) is 0 Å². The summed E-state index contributed by atoms with van der Waals surface area (Å²) in [4.78, 5) is 26.0. The molecular weight excluding hydrogens is 719 g/mol. The Hall–Kier alpha value is -1.40. The van der Waals surface area contributed by atoms with Crippen molar-refractivity contribution in [2.45, 2.75) is 302 Å². The first-order chi connectivity index (χ1) is 28.5. The molecule has 0 aromatic heterocycles. The van der Waals surface area contributed by atoms with Gasteiger partial charge in [0.1, 0.15) is 6.10 Å². The zero-order valence-corrected chi connectivity index (χ0v) is 39.2. The Morgan fingerprint density at radius 3 is 1.29 bits per heavy atom. The number of unbranched alkanes of at least 4 members (excludes halogenated alkanes) is 33. The maximum absolute atomic E-state index is 13.1. The van der Waals surface area contributed by atoms with E-state index >= 15 is 0 Å². The van der Waals surface area contributed by atoms with Gasteiger partial charge in [0, 0.05) is 6.42 Å². The van der Waals surface area contributed by atoms with Gasteiger partial charge in [0.05, 0.1) is 25.2 Å². The molecule has 3 N–H and O–H groups in total. The number of ether oxygens (including phenoxy) is 1. The summed E-state index contributed by atoms with van der Waals surface area (Å²) < 4.78 is 5.90. The molecule has 0 aromatic rings. The van der Waals surface area contributed by atoms with Crippen LogP contribution < -0.4 is 5.32 Å². The molecule has 0 aromatic carbocycles. The molecule has 3 atom stereocenters. The van der Waals surface area contributed by atoms with Crippen LogP contribution in [-0.4, -0.2) is 46.9 Å². The summed E-state index contributed by atoms with van der Waals surface area (Å²) in [7, 11) is 0. The van der Waals surface area contributed by atoms with Crippen LogP contribution in [0.15, 0.2) is 12.2 Å². The molecular formula is C52H101NO5. The molecule has 0 spiro atoms. The van der Waals surface area contributed by atoms with Crippen LogP contribution in [0.3, 0.4) is 0 Å². The molecule has 0 saturated carbocycles. The van der Waals surface area contributed by atoms with E-state index in [1.807, 2.05) is 0 Å². The predicted octanol–water partition coefficient (Wildman–Crippen LogP) is 15.3. The van der Waals surface area contributed by atoms with Crippen LogP contribution in [0.1, 0.15) is 284 Å². The van der Waals surface area contributed by atoms with Crippen molar-refractivity contribution in [3.05, 3.63) is 12.2 Å². The highest BCUT2D eigenvalue weighted by atomic mass is 16.5. The zero-order valence-electron chi connectivity index (χ0n) is 39.2. The first kappa shape index (κ1) is 56.6.